The number of aromatic amines is 2. The van der Waals surface area contributed by atoms with Crippen molar-refractivity contribution in [1.29, 1.82) is 0 Å². The van der Waals surface area contributed by atoms with E-state index in [9.17, 15) is 4.79 Å². The standard InChI is InChI=1S/C21H26N6O/c1-5-11(2)20(28)27(4)13-7-15-18(22-10-13)24-19(23-15)17-14-6-12-8-21(12,3)9-16(14)25-26-17/h7,10-12H,5-6,8-9H2,1-4H3,(H,25,26)(H,22,23,24)/t11?,12-,21-/m1/s1. The number of amides is 1. The quantitative estimate of drug-likeness (QED) is 0.727. The lowest BCUT2D eigenvalue weighted by molar-refractivity contribution is -0.121. The molecular weight excluding hydrogens is 352 g/mol. The van der Waals surface area contributed by atoms with Gasteiger partial charge in [-0.2, -0.15) is 5.10 Å². The first-order valence-electron chi connectivity index (χ1n) is 10.1. The molecule has 0 aromatic carbocycles. The smallest absolute Gasteiger partial charge is 0.229 e. The largest absolute Gasteiger partial charge is 0.335 e. The molecule has 5 rings (SSSR count). The molecule has 1 amide bonds. The maximum Gasteiger partial charge on any atom is 0.229 e. The zero-order valence-electron chi connectivity index (χ0n) is 16.8. The van der Waals surface area contributed by atoms with E-state index in [1.165, 1.54) is 17.7 Å². The van der Waals surface area contributed by atoms with Crippen LogP contribution in [-0.2, 0) is 17.6 Å². The zero-order valence-corrected chi connectivity index (χ0v) is 16.8. The number of nitrogens with zero attached hydrogens (tertiary/aromatic N) is 4. The Balaban J connectivity index is 1.48. The molecule has 1 saturated carbocycles. The Morgan fingerprint density at radius 2 is 2.29 bits per heavy atom. The molecule has 2 aliphatic carbocycles. The maximum absolute atomic E-state index is 12.5. The van der Waals surface area contributed by atoms with Crippen molar-refractivity contribution in [2.24, 2.45) is 17.3 Å². The molecule has 1 fully saturated rings. The minimum atomic E-state index is -0.0123. The Morgan fingerprint density at radius 1 is 1.46 bits per heavy atom. The Hall–Kier alpha value is -2.70. The van der Waals surface area contributed by atoms with E-state index in [1.807, 2.05) is 19.9 Å². The number of rotatable bonds is 4. The van der Waals surface area contributed by atoms with Crippen molar-refractivity contribution in [3.63, 3.8) is 0 Å². The highest BCUT2D eigenvalue weighted by atomic mass is 16.2. The SMILES string of the molecule is CCC(C)C(=O)N(C)c1cnc2nc(-c3n[nH]c4c3C[C@@H]3C[C@]3(C)C4)[nH]c2c1. The first kappa shape index (κ1) is 17.4. The lowest BCUT2D eigenvalue weighted by atomic mass is 9.88. The number of pyridine rings is 1. The van der Waals surface area contributed by atoms with Crippen molar-refractivity contribution in [3.05, 3.63) is 23.5 Å². The van der Waals surface area contributed by atoms with Crippen LogP contribution in [0.4, 0.5) is 5.69 Å². The van der Waals surface area contributed by atoms with Gasteiger partial charge in [-0.25, -0.2) is 9.97 Å². The van der Waals surface area contributed by atoms with Crippen LogP contribution in [0.15, 0.2) is 12.3 Å². The average Bonchev–Trinajstić information content (AvgIpc) is 3.02. The first-order valence-corrected chi connectivity index (χ1v) is 10.1. The van der Waals surface area contributed by atoms with E-state index >= 15 is 0 Å². The summed E-state index contributed by atoms with van der Waals surface area (Å²) < 4.78 is 0. The molecule has 3 heterocycles. The highest BCUT2D eigenvalue weighted by Crippen LogP contribution is 2.59. The molecule has 0 bridgehead atoms. The summed E-state index contributed by atoms with van der Waals surface area (Å²) in [6.45, 7) is 6.34. The van der Waals surface area contributed by atoms with Gasteiger partial charge in [-0.05, 0) is 43.1 Å². The third-order valence-electron chi connectivity index (χ3n) is 6.82. The molecule has 146 valence electrons. The second-order valence-electron chi connectivity index (χ2n) is 8.82. The summed E-state index contributed by atoms with van der Waals surface area (Å²) in [5.74, 6) is 1.60. The van der Waals surface area contributed by atoms with Crippen LogP contribution < -0.4 is 4.90 Å². The van der Waals surface area contributed by atoms with Crippen LogP contribution in [0.2, 0.25) is 0 Å². The molecule has 3 aromatic heterocycles. The third-order valence-corrected chi connectivity index (χ3v) is 6.82. The van der Waals surface area contributed by atoms with Crippen molar-refractivity contribution in [3.8, 4) is 11.5 Å². The zero-order chi connectivity index (χ0) is 19.6. The van der Waals surface area contributed by atoms with Gasteiger partial charge in [0.1, 0.15) is 5.69 Å². The molecule has 0 saturated heterocycles. The van der Waals surface area contributed by atoms with Gasteiger partial charge in [0, 0.05) is 24.2 Å². The molecule has 28 heavy (non-hydrogen) atoms. The topological polar surface area (TPSA) is 90.6 Å². The number of nitrogens with one attached hydrogen (secondary N) is 2. The molecule has 0 spiro atoms. The third kappa shape index (κ3) is 2.56. The molecule has 2 aliphatic rings. The molecule has 2 N–H and O–H groups in total. The van der Waals surface area contributed by atoms with Gasteiger partial charge < -0.3 is 9.88 Å². The fraction of sp³-hybridized carbons (Fsp3) is 0.524. The Kier molecular flexibility index (Phi) is 3.66. The molecular formula is C21H26N6O. The number of hydrogen-bond acceptors (Lipinski definition) is 4. The number of aromatic nitrogens is 5. The highest BCUT2D eigenvalue weighted by Gasteiger charge is 2.53. The first-order chi connectivity index (χ1) is 13.4. The number of H-pyrrole nitrogens is 2. The van der Waals surface area contributed by atoms with Crippen LogP contribution in [0.1, 0.15) is 44.9 Å². The van der Waals surface area contributed by atoms with Gasteiger partial charge >= 0.3 is 0 Å². The van der Waals surface area contributed by atoms with Crippen LogP contribution in [0.3, 0.4) is 0 Å². The molecule has 1 unspecified atom stereocenters. The predicted molar refractivity (Wildman–Crippen MR) is 108 cm³/mol. The molecule has 7 heteroatoms. The van der Waals surface area contributed by atoms with Gasteiger partial charge in [-0.3, -0.25) is 9.89 Å². The summed E-state index contributed by atoms with van der Waals surface area (Å²) in [5, 5.41) is 7.79. The number of carbonyl (C=O) groups is 1. The molecule has 0 aliphatic heterocycles. The van der Waals surface area contributed by atoms with Crippen molar-refractivity contribution in [2.45, 2.75) is 46.5 Å². The van der Waals surface area contributed by atoms with Gasteiger partial charge in [-0.1, -0.05) is 20.8 Å². The lowest BCUT2D eigenvalue weighted by Gasteiger charge is -2.20. The monoisotopic (exact) mass is 378 g/mol. The van der Waals surface area contributed by atoms with Crippen LogP contribution in [0, 0.1) is 17.3 Å². The number of carbonyl (C=O) groups excluding carboxylic acids is 1. The maximum atomic E-state index is 12.5. The fourth-order valence-electron chi connectivity index (χ4n) is 4.47. The number of hydrogen-bond donors (Lipinski definition) is 2. The summed E-state index contributed by atoms with van der Waals surface area (Å²) in [6.07, 6.45) is 5.97. The van der Waals surface area contributed by atoms with E-state index in [0.29, 0.717) is 11.1 Å². The molecule has 0 radical (unpaired) electrons. The van der Waals surface area contributed by atoms with E-state index in [2.05, 4.69) is 32.1 Å². The van der Waals surface area contributed by atoms with Gasteiger partial charge in [0.2, 0.25) is 5.91 Å². The van der Waals surface area contributed by atoms with Crippen LogP contribution in [0.5, 0.6) is 0 Å². The van der Waals surface area contributed by atoms with Crippen LogP contribution in [-0.4, -0.2) is 38.1 Å². The summed E-state index contributed by atoms with van der Waals surface area (Å²) in [5.41, 5.74) is 6.15. The second kappa shape index (κ2) is 5.90. The normalized spacial score (nSPS) is 23.9. The lowest BCUT2D eigenvalue weighted by Crippen LogP contribution is -2.31. The van der Waals surface area contributed by atoms with E-state index in [1.54, 1.807) is 18.1 Å². The van der Waals surface area contributed by atoms with Crippen LogP contribution >= 0.6 is 0 Å². The molecule has 7 nitrogen and oxygen atoms in total. The number of anilines is 1. The number of imidazole rings is 1. The van der Waals surface area contributed by atoms with Crippen LogP contribution in [0.25, 0.3) is 22.7 Å². The summed E-state index contributed by atoms with van der Waals surface area (Å²) >= 11 is 0. The highest BCUT2D eigenvalue weighted by molar-refractivity contribution is 5.95. The Morgan fingerprint density at radius 3 is 3.07 bits per heavy atom. The van der Waals surface area contributed by atoms with Crippen molar-refractivity contribution in [1.82, 2.24) is 25.1 Å². The second-order valence-corrected chi connectivity index (χ2v) is 8.82. The minimum absolute atomic E-state index is 0.0123. The van der Waals surface area contributed by atoms with Crippen molar-refractivity contribution in [2.75, 3.05) is 11.9 Å². The Labute approximate surface area is 164 Å². The Bertz CT molecular complexity index is 1080. The fourth-order valence-corrected chi connectivity index (χ4v) is 4.47. The summed E-state index contributed by atoms with van der Waals surface area (Å²) in [6, 6.07) is 1.94. The van der Waals surface area contributed by atoms with E-state index in [-0.39, 0.29) is 11.8 Å². The number of fused-ring (bicyclic) bond motifs is 3. The summed E-state index contributed by atoms with van der Waals surface area (Å²) in [4.78, 5) is 26.7. The van der Waals surface area contributed by atoms with Gasteiger partial charge in [0.05, 0.1) is 17.4 Å². The van der Waals surface area contributed by atoms with E-state index in [4.69, 9.17) is 0 Å². The predicted octanol–water partition coefficient (Wildman–Crippen LogP) is 3.48. The van der Waals surface area contributed by atoms with Crippen molar-refractivity contribution >= 4 is 22.8 Å². The molecule has 3 aromatic rings. The summed E-state index contributed by atoms with van der Waals surface area (Å²) in [7, 11) is 1.80. The van der Waals surface area contributed by atoms with Gasteiger partial charge in [-0.15, -0.1) is 0 Å². The minimum Gasteiger partial charge on any atom is -0.335 e. The molecule has 3 atom stereocenters. The van der Waals surface area contributed by atoms with Crippen molar-refractivity contribution < 1.29 is 4.79 Å². The van der Waals surface area contributed by atoms with E-state index in [0.717, 1.165) is 47.9 Å². The van der Waals surface area contributed by atoms with E-state index < -0.39 is 0 Å². The van der Waals surface area contributed by atoms with Gasteiger partial charge in [0.25, 0.3) is 0 Å². The van der Waals surface area contributed by atoms with Gasteiger partial charge in [0.15, 0.2) is 11.5 Å². The average molecular weight is 378 g/mol.